The average molecular weight is 374 g/mol. The minimum atomic E-state index is -1.32. The first-order valence-electron chi connectivity index (χ1n) is 8.97. The van der Waals surface area contributed by atoms with E-state index in [2.05, 4.69) is 33.9 Å². The summed E-state index contributed by atoms with van der Waals surface area (Å²) in [5.41, 5.74) is -0.709. The number of nitrogens with zero attached hydrogens (tertiary/aromatic N) is 1. The van der Waals surface area contributed by atoms with Crippen LogP contribution in [0.4, 0.5) is 4.79 Å². The number of hydrogen-bond acceptors (Lipinski definition) is 5. The van der Waals surface area contributed by atoms with Crippen LogP contribution in [0.15, 0.2) is 0 Å². The summed E-state index contributed by atoms with van der Waals surface area (Å²) < 4.78 is 16.8. The van der Waals surface area contributed by atoms with Gasteiger partial charge in [0.05, 0.1) is 19.1 Å². The third-order valence-electron chi connectivity index (χ3n) is 4.18. The number of carbonyl (C=O) groups is 2. The highest BCUT2D eigenvalue weighted by molar-refractivity contribution is 6.48. The van der Waals surface area contributed by atoms with Gasteiger partial charge in [-0.05, 0) is 39.3 Å². The van der Waals surface area contributed by atoms with Crippen molar-refractivity contribution in [2.24, 2.45) is 17.3 Å². The average Bonchev–Trinajstić information content (AvgIpc) is 2.85. The summed E-state index contributed by atoms with van der Waals surface area (Å²) >= 11 is 0. The molecule has 0 saturated carbocycles. The maximum absolute atomic E-state index is 12.5. The van der Waals surface area contributed by atoms with Gasteiger partial charge in [-0.25, -0.2) is 4.79 Å². The monoisotopic (exact) mass is 373 g/mol. The van der Waals surface area contributed by atoms with E-state index in [0.717, 1.165) is 0 Å². The van der Waals surface area contributed by atoms with Crippen LogP contribution in [0, 0.1) is 17.3 Å². The zero-order valence-corrected chi connectivity index (χ0v) is 18.4. The van der Waals surface area contributed by atoms with Gasteiger partial charge in [0.1, 0.15) is 5.60 Å². The number of esters is 1. The van der Waals surface area contributed by atoms with Gasteiger partial charge in [-0.2, -0.15) is 0 Å². The van der Waals surface area contributed by atoms with Gasteiger partial charge in [0.15, 0.2) is 9.04 Å². The summed E-state index contributed by atoms with van der Waals surface area (Å²) in [6, 6.07) is 0. The van der Waals surface area contributed by atoms with E-state index >= 15 is 0 Å². The number of ether oxygens (including phenoxy) is 2. The molecule has 0 aromatic carbocycles. The fourth-order valence-electron chi connectivity index (χ4n) is 3.25. The molecule has 1 fully saturated rings. The van der Waals surface area contributed by atoms with Crippen LogP contribution in [0.3, 0.4) is 0 Å². The highest BCUT2D eigenvalue weighted by atomic mass is 28.3. The molecule has 0 N–H and O–H groups in total. The lowest BCUT2D eigenvalue weighted by atomic mass is 9.77. The number of methoxy groups -OCH3 is 1. The Hall–Kier alpha value is -1.08. The zero-order chi connectivity index (χ0) is 19.6. The second-order valence-corrected chi connectivity index (χ2v) is 11.5. The fourth-order valence-corrected chi connectivity index (χ4v) is 4.45. The van der Waals surface area contributed by atoms with Gasteiger partial charge < -0.3 is 18.8 Å². The quantitative estimate of drug-likeness (QED) is 0.560. The van der Waals surface area contributed by atoms with Crippen LogP contribution in [0.1, 0.15) is 41.5 Å². The second-order valence-electron chi connectivity index (χ2n) is 9.15. The Morgan fingerprint density at radius 1 is 1.08 bits per heavy atom. The van der Waals surface area contributed by atoms with Crippen molar-refractivity contribution in [2.45, 2.75) is 66.3 Å². The van der Waals surface area contributed by atoms with E-state index in [1.165, 1.54) is 7.11 Å². The number of carbonyl (C=O) groups excluding carboxylic acids is 2. The second kappa shape index (κ2) is 8.08. The molecule has 0 radical (unpaired) electrons. The van der Waals surface area contributed by atoms with Gasteiger partial charge in [0, 0.05) is 19.0 Å². The summed E-state index contributed by atoms with van der Waals surface area (Å²) in [7, 11) is 0.0702. The highest BCUT2D eigenvalue weighted by Crippen LogP contribution is 2.38. The van der Waals surface area contributed by atoms with E-state index < -0.39 is 26.7 Å². The largest absolute Gasteiger partial charge is 0.469 e. The number of rotatable bonds is 4. The Balaban J connectivity index is 3.08. The van der Waals surface area contributed by atoms with Crippen molar-refractivity contribution in [3.8, 4) is 0 Å². The fraction of sp³-hybridized carbons (Fsp3) is 0.889. The third kappa shape index (κ3) is 6.29. The molecule has 1 rings (SSSR count). The molecule has 1 amide bonds. The predicted molar refractivity (Wildman–Crippen MR) is 100 cm³/mol. The van der Waals surface area contributed by atoms with Crippen LogP contribution in [0.25, 0.3) is 0 Å². The molecule has 3 atom stereocenters. The van der Waals surface area contributed by atoms with E-state index in [-0.39, 0.29) is 23.4 Å². The van der Waals surface area contributed by atoms with Crippen molar-refractivity contribution in [3.05, 3.63) is 0 Å². The minimum Gasteiger partial charge on any atom is -0.469 e. The van der Waals surface area contributed by atoms with Crippen molar-refractivity contribution in [1.29, 1.82) is 0 Å². The summed E-state index contributed by atoms with van der Waals surface area (Å²) in [6.45, 7) is 16.8. The third-order valence-corrected chi connectivity index (χ3v) is 5.02. The van der Waals surface area contributed by atoms with Gasteiger partial charge in [0.2, 0.25) is 0 Å². The van der Waals surface area contributed by atoms with Crippen molar-refractivity contribution >= 4 is 21.1 Å². The Bertz CT molecular complexity index is 481. The maximum Gasteiger partial charge on any atom is 0.410 e. The standard InChI is InChI=1S/C18H35NO5Si/c1-17(2,3)14(24-25(8)9)12-10-19(11-13(12)15(20)22-7)16(21)23-18(4,5)6/h12-14,25H,10-11H2,1-9H3/t12-,13-,14?/m0/s1. The molecular weight excluding hydrogens is 338 g/mol. The molecular formula is C18H35NO5Si. The van der Waals surface area contributed by atoms with Gasteiger partial charge >= 0.3 is 12.1 Å². The van der Waals surface area contributed by atoms with E-state index in [4.69, 9.17) is 13.9 Å². The number of amides is 1. The highest BCUT2D eigenvalue weighted by Gasteiger charge is 2.48. The first kappa shape index (κ1) is 22.0. The summed E-state index contributed by atoms with van der Waals surface area (Å²) in [6.07, 6.45) is -0.506. The van der Waals surface area contributed by atoms with Crippen LogP contribution >= 0.6 is 0 Å². The first-order valence-corrected chi connectivity index (χ1v) is 11.8. The Labute approximate surface area is 153 Å². The SMILES string of the molecule is COC(=O)[C@H]1CN(C(=O)OC(C)(C)C)C[C@@H]1C(O[SiH](C)C)C(C)(C)C. The van der Waals surface area contributed by atoms with Crippen LogP contribution in [-0.4, -0.2) is 57.9 Å². The molecule has 0 aromatic rings. The molecule has 146 valence electrons. The van der Waals surface area contributed by atoms with Gasteiger partial charge in [0.25, 0.3) is 0 Å². The van der Waals surface area contributed by atoms with E-state index in [1.807, 2.05) is 20.8 Å². The lowest BCUT2D eigenvalue weighted by Gasteiger charge is -2.38. The van der Waals surface area contributed by atoms with Crippen molar-refractivity contribution in [1.82, 2.24) is 4.90 Å². The van der Waals surface area contributed by atoms with Gasteiger partial charge in [-0.3, -0.25) is 4.79 Å². The molecule has 25 heavy (non-hydrogen) atoms. The normalized spacial score (nSPS) is 22.9. The van der Waals surface area contributed by atoms with Gasteiger partial charge in [-0.1, -0.05) is 20.8 Å². The number of likely N-dealkylation sites (tertiary alicyclic amines) is 1. The predicted octanol–water partition coefficient (Wildman–Crippen LogP) is 3.06. The maximum atomic E-state index is 12.5. The molecule has 1 saturated heterocycles. The molecule has 7 heteroatoms. The van der Waals surface area contributed by atoms with Crippen LogP contribution in [0.5, 0.6) is 0 Å². The van der Waals surface area contributed by atoms with Crippen molar-refractivity contribution in [3.63, 3.8) is 0 Å². The molecule has 1 heterocycles. The molecule has 1 aliphatic heterocycles. The van der Waals surface area contributed by atoms with Gasteiger partial charge in [-0.15, -0.1) is 0 Å². The molecule has 0 aromatic heterocycles. The van der Waals surface area contributed by atoms with E-state index in [1.54, 1.807) is 4.90 Å². The lowest BCUT2D eigenvalue weighted by molar-refractivity contribution is -0.148. The zero-order valence-electron chi connectivity index (χ0n) is 17.2. The summed E-state index contributed by atoms with van der Waals surface area (Å²) in [4.78, 5) is 26.4. The smallest absolute Gasteiger partial charge is 0.410 e. The lowest BCUT2D eigenvalue weighted by Crippen LogP contribution is -2.44. The van der Waals surface area contributed by atoms with Crippen LogP contribution < -0.4 is 0 Å². The van der Waals surface area contributed by atoms with E-state index in [0.29, 0.717) is 13.1 Å². The summed E-state index contributed by atoms with van der Waals surface area (Å²) in [5.74, 6) is -0.788. The first-order chi connectivity index (χ1) is 11.3. The topological polar surface area (TPSA) is 65.1 Å². The van der Waals surface area contributed by atoms with Crippen molar-refractivity contribution < 1.29 is 23.5 Å². The van der Waals surface area contributed by atoms with Crippen LogP contribution in [0.2, 0.25) is 13.1 Å². The molecule has 0 spiro atoms. The molecule has 0 aliphatic carbocycles. The Kier molecular flexibility index (Phi) is 7.09. The molecule has 0 bridgehead atoms. The Morgan fingerprint density at radius 3 is 2.04 bits per heavy atom. The number of hydrogen-bond donors (Lipinski definition) is 0. The van der Waals surface area contributed by atoms with Crippen LogP contribution in [-0.2, 0) is 18.7 Å². The van der Waals surface area contributed by atoms with E-state index in [9.17, 15) is 9.59 Å². The van der Waals surface area contributed by atoms with Crippen molar-refractivity contribution in [2.75, 3.05) is 20.2 Å². The molecule has 6 nitrogen and oxygen atoms in total. The minimum absolute atomic E-state index is 0.102. The molecule has 1 aliphatic rings. The molecule has 1 unspecified atom stereocenters. The summed E-state index contributed by atoms with van der Waals surface area (Å²) in [5, 5.41) is 0. The Morgan fingerprint density at radius 2 is 1.64 bits per heavy atom.